The first-order valence-electron chi connectivity index (χ1n) is 4.37. The number of nitrogens with zero attached hydrogens (tertiary/aromatic N) is 1. The van der Waals surface area contributed by atoms with Gasteiger partial charge in [-0.2, -0.15) is 4.31 Å². The predicted octanol–water partition coefficient (Wildman–Crippen LogP) is -1.38. The SMILES string of the molecule is CS(=O)(=O)N1CC2CNCC(C1)O2. The summed E-state index contributed by atoms with van der Waals surface area (Å²) in [6.45, 7) is 2.48. The average molecular weight is 206 g/mol. The maximum atomic E-state index is 11.3. The van der Waals surface area contributed by atoms with Crippen LogP contribution in [0.15, 0.2) is 0 Å². The van der Waals surface area contributed by atoms with E-state index >= 15 is 0 Å². The zero-order valence-electron chi connectivity index (χ0n) is 7.56. The van der Waals surface area contributed by atoms with Crippen molar-refractivity contribution in [3.63, 3.8) is 0 Å². The molecule has 2 rings (SSSR count). The van der Waals surface area contributed by atoms with E-state index in [4.69, 9.17) is 4.74 Å². The standard InChI is InChI=1S/C7H14N2O3S/c1-13(10,11)9-4-6-2-8-3-7(5-9)12-6/h6-8H,2-5H2,1H3. The van der Waals surface area contributed by atoms with Crippen molar-refractivity contribution < 1.29 is 13.2 Å². The van der Waals surface area contributed by atoms with Crippen molar-refractivity contribution in [2.24, 2.45) is 0 Å². The summed E-state index contributed by atoms with van der Waals surface area (Å²) in [6.07, 6.45) is 1.31. The van der Waals surface area contributed by atoms with Crippen LogP contribution in [0.2, 0.25) is 0 Å². The number of ether oxygens (including phenoxy) is 1. The van der Waals surface area contributed by atoms with Crippen LogP contribution in [0.25, 0.3) is 0 Å². The number of morpholine rings is 2. The van der Waals surface area contributed by atoms with Gasteiger partial charge in [0.05, 0.1) is 18.5 Å². The summed E-state index contributed by atoms with van der Waals surface area (Å²) in [6, 6.07) is 0. The molecule has 0 spiro atoms. The van der Waals surface area contributed by atoms with Gasteiger partial charge in [0.2, 0.25) is 10.0 Å². The fraction of sp³-hybridized carbons (Fsp3) is 1.00. The molecule has 0 aromatic carbocycles. The molecule has 2 fully saturated rings. The summed E-state index contributed by atoms with van der Waals surface area (Å²) in [5.41, 5.74) is 0. The number of hydrogen-bond donors (Lipinski definition) is 1. The van der Waals surface area contributed by atoms with Gasteiger partial charge in [-0.3, -0.25) is 0 Å². The maximum absolute atomic E-state index is 11.3. The van der Waals surface area contributed by atoms with Gasteiger partial charge < -0.3 is 10.1 Å². The Hall–Kier alpha value is -0.170. The van der Waals surface area contributed by atoms with Crippen molar-refractivity contribution in [3.05, 3.63) is 0 Å². The molecule has 2 atom stereocenters. The largest absolute Gasteiger partial charge is 0.370 e. The lowest BCUT2D eigenvalue weighted by Crippen LogP contribution is -2.59. The van der Waals surface area contributed by atoms with Crippen LogP contribution < -0.4 is 5.32 Å². The van der Waals surface area contributed by atoms with Crippen molar-refractivity contribution in [1.29, 1.82) is 0 Å². The van der Waals surface area contributed by atoms with E-state index in [9.17, 15) is 8.42 Å². The first kappa shape index (κ1) is 9.39. The highest BCUT2D eigenvalue weighted by molar-refractivity contribution is 7.88. The van der Waals surface area contributed by atoms with Crippen molar-refractivity contribution in [3.8, 4) is 0 Å². The molecule has 2 unspecified atom stereocenters. The molecule has 13 heavy (non-hydrogen) atoms. The lowest BCUT2D eigenvalue weighted by atomic mass is 10.2. The Morgan fingerprint density at radius 2 is 1.85 bits per heavy atom. The quantitative estimate of drug-likeness (QED) is 0.574. The van der Waals surface area contributed by atoms with Crippen molar-refractivity contribution in [2.75, 3.05) is 32.4 Å². The van der Waals surface area contributed by atoms with Gasteiger partial charge in [-0.1, -0.05) is 0 Å². The Morgan fingerprint density at radius 3 is 2.31 bits per heavy atom. The smallest absolute Gasteiger partial charge is 0.211 e. The van der Waals surface area contributed by atoms with Gasteiger partial charge in [0.25, 0.3) is 0 Å². The average Bonchev–Trinajstić information content (AvgIpc) is 2.01. The van der Waals surface area contributed by atoms with Gasteiger partial charge in [-0.25, -0.2) is 8.42 Å². The molecule has 0 aromatic heterocycles. The number of rotatable bonds is 1. The van der Waals surface area contributed by atoms with E-state index in [2.05, 4.69) is 5.32 Å². The third-order valence-corrected chi connectivity index (χ3v) is 3.65. The third-order valence-electron chi connectivity index (χ3n) is 2.41. The van der Waals surface area contributed by atoms with Gasteiger partial charge in [0.1, 0.15) is 0 Å². The molecule has 0 amide bonds. The van der Waals surface area contributed by atoms with Gasteiger partial charge in [-0.05, 0) is 0 Å². The van der Waals surface area contributed by atoms with Crippen LogP contribution in [0.1, 0.15) is 0 Å². The molecule has 0 aromatic rings. The Morgan fingerprint density at radius 1 is 1.31 bits per heavy atom. The number of hydrogen-bond acceptors (Lipinski definition) is 4. The first-order chi connectivity index (χ1) is 6.05. The molecule has 2 saturated heterocycles. The predicted molar refractivity (Wildman–Crippen MR) is 47.9 cm³/mol. The van der Waals surface area contributed by atoms with E-state index in [0.717, 1.165) is 13.1 Å². The number of nitrogens with one attached hydrogen (secondary N) is 1. The summed E-state index contributed by atoms with van der Waals surface area (Å²) in [5.74, 6) is 0. The fourth-order valence-electron chi connectivity index (χ4n) is 1.79. The summed E-state index contributed by atoms with van der Waals surface area (Å²) < 4.78 is 29.6. The minimum atomic E-state index is -3.04. The van der Waals surface area contributed by atoms with Crippen molar-refractivity contribution in [2.45, 2.75) is 12.2 Å². The molecule has 2 aliphatic heterocycles. The van der Waals surface area contributed by atoms with E-state index in [1.807, 2.05) is 0 Å². The van der Waals surface area contributed by atoms with Crippen LogP contribution >= 0.6 is 0 Å². The van der Waals surface area contributed by atoms with E-state index in [0.29, 0.717) is 13.1 Å². The summed E-state index contributed by atoms with van der Waals surface area (Å²) in [7, 11) is -3.04. The number of sulfonamides is 1. The van der Waals surface area contributed by atoms with Gasteiger partial charge in [0.15, 0.2) is 0 Å². The molecular formula is C7H14N2O3S. The molecule has 2 aliphatic rings. The molecule has 2 bridgehead atoms. The van der Waals surface area contributed by atoms with E-state index < -0.39 is 10.0 Å². The van der Waals surface area contributed by atoms with E-state index in [-0.39, 0.29) is 12.2 Å². The molecule has 0 saturated carbocycles. The van der Waals surface area contributed by atoms with Crippen LogP contribution in [0.3, 0.4) is 0 Å². The highest BCUT2D eigenvalue weighted by atomic mass is 32.2. The van der Waals surface area contributed by atoms with E-state index in [1.165, 1.54) is 10.6 Å². The van der Waals surface area contributed by atoms with Crippen LogP contribution in [0, 0.1) is 0 Å². The van der Waals surface area contributed by atoms with Crippen molar-refractivity contribution in [1.82, 2.24) is 9.62 Å². The normalized spacial score (nSPS) is 36.1. The van der Waals surface area contributed by atoms with E-state index in [1.54, 1.807) is 0 Å². The van der Waals surface area contributed by atoms with Crippen molar-refractivity contribution >= 4 is 10.0 Å². The summed E-state index contributed by atoms with van der Waals surface area (Å²) >= 11 is 0. The lowest BCUT2D eigenvalue weighted by molar-refractivity contribution is -0.0822. The highest BCUT2D eigenvalue weighted by Crippen LogP contribution is 2.16. The summed E-state index contributed by atoms with van der Waals surface area (Å²) in [5, 5.41) is 3.21. The lowest BCUT2D eigenvalue weighted by Gasteiger charge is -2.40. The molecule has 5 nitrogen and oxygen atoms in total. The molecule has 6 heteroatoms. The molecule has 2 heterocycles. The zero-order valence-corrected chi connectivity index (χ0v) is 8.38. The number of fused-ring (bicyclic) bond motifs is 2. The molecule has 0 radical (unpaired) electrons. The first-order valence-corrected chi connectivity index (χ1v) is 6.22. The highest BCUT2D eigenvalue weighted by Gasteiger charge is 2.34. The topological polar surface area (TPSA) is 58.6 Å². The zero-order chi connectivity index (χ0) is 9.47. The molecular weight excluding hydrogens is 192 g/mol. The minimum Gasteiger partial charge on any atom is -0.370 e. The van der Waals surface area contributed by atoms with Gasteiger partial charge in [0, 0.05) is 26.2 Å². The maximum Gasteiger partial charge on any atom is 0.211 e. The third kappa shape index (κ3) is 2.01. The van der Waals surface area contributed by atoms with Gasteiger partial charge >= 0.3 is 0 Å². The van der Waals surface area contributed by atoms with Gasteiger partial charge in [-0.15, -0.1) is 0 Å². The second-order valence-corrected chi connectivity index (χ2v) is 5.60. The fourth-order valence-corrected chi connectivity index (χ4v) is 2.66. The molecule has 0 aliphatic carbocycles. The molecule has 1 N–H and O–H groups in total. The summed E-state index contributed by atoms with van der Waals surface area (Å²) in [4.78, 5) is 0. The van der Waals surface area contributed by atoms with Crippen LogP contribution in [0.4, 0.5) is 0 Å². The minimum absolute atomic E-state index is 0.0298. The Kier molecular flexibility index (Phi) is 2.31. The van der Waals surface area contributed by atoms with Crippen LogP contribution in [0.5, 0.6) is 0 Å². The monoisotopic (exact) mass is 206 g/mol. The second-order valence-electron chi connectivity index (χ2n) is 3.62. The van der Waals surface area contributed by atoms with Crippen LogP contribution in [-0.4, -0.2) is 57.4 Å². The second kappa shape index (κ2) is 3.20. The van der Waals surface area contributed by atoms with Crippen LogP contribution in [-0.2, 0) is 14.8 Å². The Balaban J connectivity index is 2.10. The Labute approximate surface area is 78.1 Å². The molecule has 76 valence electrons. The Bertz CT molecular complexity index is 278.